The number of para-hydroxylation sites is 1. The second-order valence-electron chi connectivity index (χ2n) is 1.95. The maximum Gasteiger partial charge on any atom is 0.119 e. The van der Waals surface area contributed by atoms with Crippen molar-refractivity contribution in [3.63, 3.8) is 0 Å². The van der Waals surface area contributed by atoms with E-state index in [-0.39, 0.29) is 0 Å². The molecule has 14 heavy (non-hydrogen) atoms. The molecule has 0 spiro atoms. The molecule has 1 atom stereocenters. The van der Waals surface area contributed by atoms with Crippen molar-refractivity contribution in [2.24, 2.45) is 0 Å². The van der Waals surface area contributed by atoms with Crippen LogP contribution in [0.5, 0.6) is 5.75 Å². The molecule has 0 N–H and O–H groups in total. The molecular formula is C12H23OP. The Labute approximate surface area is 91.1 Å². The first-order valence-electron chi connectivity index (χ1n) is 5.31. The van der Waals surface area contributed by atoms with E-state index in [1.807, 2.05) is 58.0 Å². The third kappa shape index (κ3) is 9.54. The van der Waals surface area contributed by atoms with Crippen molar-refractivity contribution in [2.45, 2.75) is 27.7 Å². The first kappa shape index (κ1) is 15.9. The Morgan fingerprint density at radius 1 is 1.00 bits per heavy atom. The van der Waals surface area contributed by atoms with Crippen LogP contribution in [0.2, 0.25) is 0 Å². The van der Waals surface area contributed by atoms with Crippen LogP contribution in [0.3, 0.4) is 0 Å². The molecule has 1 unspecified atom stereocenters. The van der Waals surface area contributed by atoms with Crippen LogP contribution in [-0.2, 0) is 0 Å². The Morgan fingerprint density at radius 2 is 1.50 bits per heavy atom. The second-order valence-corrected chi connectivity index (χ2v) is 2.53. The Kier molecular flexibility index (Phi) is 17.0. The molecule has 1 aromatic rings. The van der Waals surface area contributed by atoms with Crippen LogP contribution >= 0.6 is 9.24 Å². The fraction of sp³-hybridized carbons (Fsp3) is 0.500. The molecule has 2 heteroatoms. The Balaban J connectivity index is 0. The largest absolute Gasteiger partial charge is 0.493 e. The highest BCUT2D eigenvalue weighted by molar-refractivity contribution is 7.16. The summed E-state index contributed by atoms with van der Waals surface area (Å²) in [4.78, 5) is 0. The fourth-order valence-corrected chi connectivity index (χ4v) is 0.811. The molecular weight excluding hydrogens is 191 g/mol. The van der Waals surface area contributed by atoms with Gasteiger partial charge in [0.1, 0.15) is 5.75 Å². The highest BCUT2D eigenvalue weighted by Gasteiger charge is 1.86. The van der Waals surface area contributed by atoms with Gasteiger partial charge in [-0.2, -0.15) is 0 Å². The Bertz CT molecular complexity index is 175. The van der Waals surface area contributed by atoms with Crippen molar-refractivity contribution in [3.8, 4) is 5.75 Å². The van der Waals surface area contributed by atoms with Gasteiger partial charge < -0.3 is 4.74 Å². The maximum absolute atomic E-state index is 5.33. The van der Waals surface area contributed by atoms with E-state index < -0.39 is 0 Å². The van der Waals surface area contributed by atoms with Gasteiger partial charge in [0, 0.05) is 0 Å². The van der Waals surface area contributed by atoms with Crippen LogP contribution in [0, 0.1) is 0 Å². The Morgan fingerprint density at radius 3 is 1.93 bits per heavy atom. The average Bonchev–Trinajstić information content (AvgIpc) is 2.33. The second kappa shape index (κ2) is 14.9. The summed E-state index contributed by atoms with van der Waals surface area (Å²) in [6.45, 7) is 8.77. The molecule has 1 aromatic carbocycles. The third-order valence-electron chi connectivity index (χ3n) is 1.13. The van der Waals surface area contributed by atoms with E-state index in [0.717, 1.165) is 18.5 Å². The summed E-state index contributed by atoms with van der Waals surface area (Å²) >= 11 is 0. The zero-order valence-corrected chi connectivity index (χ0v) is 10.9. The molecule has 1 nitrogen and oxygen atoms in total. The van der Waals surface area contributed by atoms with E-state index in [1.165, 1.54) is 0 Å². The molecule has 82 valence electrons. The van der Waals surface area contributed by atoms with Crippen LogP contribution in [-0.4, -0.2) is 12.8 Å². The first-order chi connectivity index (χ1) is 6.93. The lowest BCUT2D eigenvalue weighted by Gasteiger charge is -2.01. The number of hydrogen-bond donors (Lipinski definition) is 0. The fourth-order valence-electron chi connectivity index (χ4n) is 0.693. The molecule has 0 aliphatic carbocycles. The maximum atomic E-state index is 5.33. The number of ether oxygens (including phenoxy) is 1. The molecule has 0 fully saturated rings. The smallest absolute Gasteiger partial charge is 0.119 e. The summed E-state index contributed by atoms with van der Waals surface area (Å²) in [5, 5.41) is 0. The van der Waals surface area contributed by atoms with E-state index in [4.69, 9.17) is 4.74 Å². The van der Waals surface area contributed by atoms with E-state index in [9.17, 15) is 0 Å². The topological polar surface area (TPSA) is 9.23 Å². The van der Waals surface area contributed by atoms with Gasteiger partial charge in [0.25, 0.3) is 0 Å². The third-order valence-corrected chi connectivity index (χ3v) is 1.37. The van der Waals surface area contributed by atoms with Gasteiger partial charge in [-0.3, -0.25) is 0 Å². The lowest BCUT2D eigenvalue weighted by atomic mass is 10.3. The summed E-state index contributed by atoms with van der Waals surface area (Å²) in [6, 6.07) is 9.84. The zero-order chi connectivity index (χ0) is 11.2. The van der Waals surface area contributed by atoms with Crippen molar-refractivity contribution < 1.29 is 4.74 Å². The zero-order valence-electron chi connectivity index (χ0n) is 9.79. The molecule has 1 rings (SSSR count). The minimum absolute atomic E-state index is 0.773. The predicted molar refractivity (Wildman–Crippen MR) is 69.2 cm³/mol. The molecule has 0 aliphatic heterocycles. The van der Waals surface area contributed by atoms with Crippen LogP contribution in [0.1, 0.15) is 27.7 Å². The van der Waals surface area contributed by atoms with Crippen molar-refractivity contribution in [2.75, 3.05) is 12.8 Å². The SMILES string of the molecule is CC.CC.PCCOc1ccccc1. The lowest BCUT2D eigenvalue weighted by Crippen LogP contribution is -1.96. The van der Waals surface area contributed by atoms with Crippen LogP contribution in [0.25, 0.3) is 0 Å². The van der Waals surface area contributed by atoms with E-state index in [0.29, 0.717) is 0 Å². The van der Waals surface area contributed by atoms with Gasteiger partial charge in [0.15, 0.2) is 0 Å². The van der Waals surface area contributed by atoms with E-state index in [1.54, 1.807) is 0 Å². The van der Waals surface area contributed by atoms with Crippen LogP contribution in [0.15, 0.2) is 30.3 Å². The van der Waals surface area contributed by atoms with Gasteiger partial charge in [0.2, 0.25) is 0 Å². The summed E-state index contributed by atoms with van der Waals surface area (Å²) in [6.07, 6.45) is 0.981. The van der Waals surface area contributed by atoms with E-state index in [2.05, 4.69) is 9.24 Å². The number of benzene rings is 1. The molecule has 0 aromatic heterocycles. The van der Waals surface area contributed by atoms with E-state index >= 15 is 0 Å². The molecule has 0 amide bonds. The monoisotopic (exact) mass is 214 g/mol. The van der Waals surface area contributed by atoms with Gasteiger partial charge in [-0.15, -0.1) is 9.24 Å². The minimum Gasteiger partial charge on any atom is -0.493 e. The molecule has 0 bridgehead atoms. The van der Waals surface area contributed by atoms with Gasteiger partial charge in [-0.25, -0.2) is 0 Å². The van der Waals surface area contributed by atoms with Crippen LogP contribution in [0.4, 0.5) is 0 Å². The molecule has 0 radical (unpaired) electrons. The average molecular weight is 214 g/mol. The highest BCUT2D eigenvalue weighted by Crippen LogP contribution is 2.07. The summed E-state index contributed by atoms with van der Waals surface area (Å²) < 4.78 is 5.33. The summed E-state index contributed by atoms with van der Waals surface area (Å²) in [5.41, 5.74) is 0. The normalized spacial score (nSPS) is 7.50. The van der Waals surface area contributed by atoms with Gasteiger partial charge in [-0.1, -0.05) is 45.9 Å². The number of hydrogen-bond acceptors (Lipinski definition) is 1. The van der Waals surface area contributed by atoms with Gasteiger partial charge in [-0.05, 0) is 18.3 Å². The summed E-state index contributed by atoms with van der Waals surface area (Å²) in [7, 11) is 2.63. The predicted octanol–water partition coefficient (Wildman–Crippen LogP) is 3.99. The van der Waals surface area contributed by atoms with Gasteiger partial charge in [0.05, 0.1) is 6.61 Å². The Hall–Kier alpha value is -0.550. The standard InChI is InChI=1S/C8H11OP.2C2H6/c10-7-6-9-8-4-2-1-3-5-8;2*1-2/h1-5H,6-7,10H2;2*1-2H3. The lowest BCUT2D eigenvalue weighted by molar-refractivity contribution is 0.344. The van der Waals surface area contributed by atoms with Crippen LogP contribution < -0.4 is 4.74 Å². The minimum atomic E-state index is 0.773. The quantitative estimate of drug-likeness (QED) is 0.691. The highest BCUT2D eigenvalue weighted by atomic mass is 31.0. The van der Waals surface area contributed by atoms with Crippen molar-refractivity contribution in [3.05, 3.63) is 30.3 Å². The van der Waals surface area contributed by atoms with Gasteiger partial charge >= 0.3 is 0 Å². The molecule has 0 heterocycles. The number of rotatable bonds is 3. The molecule has 0 saturated heterocycles. The van der Waals surface area contributed by atoms with Crippen molar-refractivity contribution in [1.29, 1.82) is 0 Å². The summed E-state index contributed by atoms with van der Waals surface area (Å²) in [5.74, 6) is 0.949. The van der Waals surface area contributed by atoms with Crippen molar-refractivity contribution in [1.82, 2.24) is 0 Å². The molecule has 0 aliphatic rings. The van der Waals surface area contributed by atoms with Crippen molar-refractivity contribution >= 4 is 9.24 Å². The molecule has 0 saturated carbocycles. The first-order valence-corrected chi connectivity index (χ1v) is 6.13.